The van der Waals surface area contributed by atoms with Crippen molar-refractivity contribution in [2.24, 2.45) is 0 Å². The molecule has 1 rings (SSSR count). The Hall–Kier alpha value is -0.750. The number of carboxylic acids is 1. The van der Waals surface area contributed by atoms with E-state index in [4.69, 9.17) is 16.7 Å². The molecule has 1 aromatic heterocycles. The lowest BCUT2D eigenvalue weighted by atomic mass is 10.0. The zero-order valence-corrected chi connectivity index (χ0v) is 10.2. The van der Waals surface area contributed by atoms with Gasteiger partial charge in [-0.2, -0.15) is 0 Å². The average molecular weight is 315 g/mol. The van der Waals surface area contributed by atoms with Gasteiger partial charge in [0.05, 0.1) is 17.1 Å². The molecule has 7 heteroatoms. The molecule has 0 saturated carbocycles. The lowest BCUT2D eigenvalue weighted by Crippen LogP contribution is -2.09. The Labute approximate surface area is 104 Å². The fraction of sp³-hybridized carbons (Fsp3) is 0.333. The maximum absolute atomic E-state index is 12.7. The molecule has 0 unspecified atom stereocenters. The summed E-state index contributed by atoms with van der Waals surface area (Å²) < 4.78 is 25.5. The van der Waals surface area contributed by atoms with Crippen molar-refractivity contribution in [2.45, 2.75) is 18.2 Å². The van der Waals surface area contributed by atoms with Gasteiger partial charge in [0.25, 0.3) is 6.43 Å². The first-order valence-corrected chi connectivity index (χ1v) is 5.69. The Balaban J connectivity index is 3.36. The van der Waals surface area contributed by atoms with Crippen molar-refractivity contribution in [3.8, 4) is 0 Å². The van der Waals surface area contributed by atoms with Gasteiger partial charge in [0, 0.05) is 17.1 Å². The second-order valence-corrected chi connectivity index (χ2v) is 3.92. The third-order valence-corrected chi connectivity index (χ3v) is 2.77. The van der Waals surface area contributed by atoms with Crippen LogP contribution in [0.15, 0.2) is 6.20 Å². The third-order valence-electron chi connectivity index (χ3n) is 1.94. The zero-order valence-electron chi connectivity index (χ0n) is 7.88. The zero-order chi connectivity index (χ0) is 12.3. The van der Waals surface area contributed by atoms with Crippen LogP contribution in [0.25, 0.3) is 0 Å². The van der Waals surface area contributed by atoms with Crippen LogP contribution >= 0.6 is 27.5 Å². The molecule has 0 atom stereocenters. The van der Waals surface area contributed by atoms with Gasteiger partial charge in [-0.05, 0) is 5.56 Å². The lowest BCUT2D eigenvalue weighted by molar-refractivity contribution is -0.136. The van der Waals surface area contributed by atoms with Gasteiger partial charge in [-0.1, -0.05) is 27.5 Å². The highest BCUT2D eigenvalue weighted by atomic mass is 79.9. The van der Waals surface area contributed by atoms with Crippen molar-refractivity contribution < 1.29 is 18.7 Å². The van der Waals surface area contributed by atoms with E-state index in [1.165, 1.54) is 0 Å². The van der Waals surface area contributed by atoms with Gasteiger partial charge >= 0.3 is 5.97 Å². The molecule has 88 valence electrons. The molecule has 1 aromatic rings. The number of nitrogens with zero attached hydrogens (tertiary/aromatic N) is 1. The highest BCUT2D eigenvalue weighted by molar-refractivity contribution is 9.08. The first kappa shape index (κ1) is 13.3. The molecular formula is C9H7BrClF2NO2. The number of carbonyl (C=O) groups is 1. The van der Waals surface area contributed by atoms with E-state index in [1.54, 1.807) is 0 Å². The molecule has 0 aliphatic heterocycles. The summed E-state index contributed by atoms with van der Waals surface area (Å²) in [6, 6.07) is 0. The van der Waals surface area contributed by atoms with E-state index in [2.05, 4.69) is 20.9 Å². The third kappa shape index (κ3) is 2.89. The largest absolute Gasteiger partial charge is 0.481 e. The van der Waals surface area contributed by atoms with Crippen LogP contribution in [-0.4, -0.2) is 16.1 Å². The van der Waals surface area contributed by atoms with Crippen LogP contribution in [0.4, 0.5) is 8.78 Å². The molecule has 0 aliphatic carbocycles. The highest BCUT2D eigenvalue weighted by Gasteiger charge is 2.22. The second-order valence-electron chi connectivity index (χ2n) is 2.95. The number of pyridine rings is 1. The molecule has 0 saturated heterocycles. The molecule has 0 bridgehead atoms. The van der Waals surface area contributed by atoms with Crippen LogP contribution in [0.5, 0.6) is 0 Å². The molecule has 0 radical (unpaired) electrons. The summed E-state index contributed by atoms with van der Waals surface area (Å²) in [4.78, 5) is 14.4. The predicted octanol–water partition coefficient (Wildman–Crippen LogP) is 3.19. The standard InChI is InChI=1S/C9H7BrClF2NO2/c10-2-6-4(1-7(15)16)8(9(12)13)5(11)3-14-6/h3,9H,1-2H2,(H,15,16). The molecule has 3 nitrogen and oxygen atoms in total. The number of hydrogen-bond acceptors (Lipinski definition) is 2. The Kier molecular flexibility index (Phi) is 4.61. The van der Waals surface area contributed by atoms with Gasteiger partial charge in [-0.15, -0.1) is 0 Å². The van der Waals surface area contributed by atoms with Crippen LogP contribution in [0.2, 0.25) is 5.02 Å². The summed E-state index contributed by atoms with van der Waals surface area (Å²) in [5.74, 6) is -1.20. The smallest absolute Gasteiger partial charge is 0.307 e. The summed E-state index contributed by atoms with van der Waals surface area (Å²) in [5, 5.41) is 8.64. The second kappa shape index (κ2) is 5.54. The number of halogens is 4. The predicted molar refractivity (Wildman–Crippen MR) is 58.2 cm³/mol. The fourth-order valence-electron chi connectivity index (χ4n) is 1.28. The molecule has 1 N–H and O–H groups in total. The Bertz CT molecular complexity index is 415. The van der Waals surface area contributed by atoms with E-state index < -0.39 is 24.4 Å². The maximum atomic E-state index is 12.7. The van der Waals surface area contributed by atoms with Crippen LogP contribution in [0.3, 0.4) is 0 Å². The quantitative estimate of drug-likeness (QED) is 0.868. The van der Waals surface area contributed by atoms with Crippen molar-refractivity contribution in [3.05, 3.63) is 28.0 Å². The summed E-state index contributed by atoms with van der Waals surface area (Å²) >= 11 is 8.65. The monoisotopic (exact) mass is 313 g/mol. The molecule has 0 spiro atoms. The van der Waals surface area contributed by atoms with Gasteiger partial charge in [0.2, 0.25) is 0 Å². The van der Waals surface area contributed by atoms with Crippen LogP contribution in [0, 0.1) is 0 Å². The average Bonchev–Trinajstić information content (AvgIpc) is 2.16. The van der Waals surface area contributed by atoms with Gasteiger partial charge in [0.1, 0.15) is 0 Å². The number of alkyl halides is 3. The number of carboxylic acid groups (broad SMARTS) is 1. The molecule has 0 aliphatic rings. The first-order valence-electron chi connectivity index (χ1n) is 4.19. The van der Waals surface area contributed by atoms with Crippen molar-refractivity contribution in [1.82, 2.24) is 4.98 Å². The minimum Gasteiger partial charge on any atom is -0.481 e. The number of aliphatic carboxylic acids is 1. The number of aromatic nitrogens is 1. The summed E-state index contributed by atoms with van der Waals surface area (Å²) in [7, 11) is 0. The molecule has 0 fully saturated rings. The molecule has 0 aromatic carbocycles. The van der Waals surface area contributed by atoms with E-state index in [-0.39, 0.29) is 21.6 Å². The van der Waals surface area contributed by atoms with Gasteiger partial charge in [0.15, 0.2) is 0 Å². The highest BCUT2D eigenvalue weighted by Crippen LogP contribution is 2.32. The van der Waals surface area contributed by atoms with Crippen molar-refractivity contribution in [3.63, 3.8) is 0 Å². The SMILES string of the molecule is O=C(O)Cc1c(CBr)ncc(Cl)c1C(F)F. The molecular weight excluding hydrogens is 307 g/mol. The summed E-state index contributed by atoms with van der Waals surface area (Å²) in [6.45, 7) is 0. The van der Waals surface area contributed by atoms with E-state index >= 15 is 0 Å². The van der Waals surface area contributed by atoms with Crippen LogP contribution in [0.1, 0.15) is 23.2 Å². The minimum atomic E-state index is -2.82. The van der Waals surface area contributed by atoms with Gasteiger partial charge in [-0.25, -0.2) is 8.78 Å². The Morgan fingerprint density at radius 1 is 1.62 bits per heavy atom. The van der Waals surface area contributed by atoms with E-state index in [0.717, 1.165) is 6.20 Å². The maximum Gasteiger partial charge on any atom is 0.307 e. The Morgan fingerprint density at radius 3 is 2.69 bits per heavy atom. The number of rotatable bonds is 4. The van der Waals surface area contributed by atoms with Crippen LogP contribution in [-0.2, 0) is 16.5 Å². The summed E-state index contributed by atoms with van der Waals surface area (Å²) in [5.41, 5.74) is -0.206. The van der Waals surface area contributed by atoms with Gasteiger partial charge < -0.3 is 5.11 Å². The van der Waals surface area contributed by atoms with Crippen molar-refractivity contribution in [1.29, 1.82) is 0 Å². The fourth-order valence-corrected chi connectivity index (χ4v) is 2.01. The topological polar surface area (TPSA) is 50.2 Å². The van der Waals surface area contributed by atoms with E-state index in [0.29, 0.717) is 0 Å². The number of hydrogen-bond donors (Lipinski definition) is 1. The summed E-state index contributed by atoms with van der Waals surface area (Å²) in [6.07, 6.45) is -2.23. The Morgan fingerprint density at radius 2 is 2.25 bits per heavy atom. The minimum absolute atomic E-state index is 0.0214. The van der Waals surface area contributed by atoms with E-state index in [9.17, 15) is 13.6 Å². The molecule has 0 amide bonds. The van der Waals surface area contributed by atoms with E-state index in [1.807, 2.05) is 0 Å². The van der Waals surface area contributed by atoms with Crippen LogP contribution < -0.4 is 0 Å². The lowest BCUT2D eigenvalue weighted by Gasteiger charge is -2.12. The van der Waals surface area contributed by atoms with Crippen molar-refractivity contribution in [2.75, 3.05) is 0 Å². The molecule has 16 heavy (non-hydrogen) atoms. The first-order chi connectivity index (χ1) is 7.47. The normalized spacial score (nSPS) is 10.8. The van der Waals surface area contributed by atoms with Crippen molar-refractivity contribution >= 4 is 33.5 Å². The van der Waals surface area contributed by atoms with Gasteiger partial charge in [-0.3, -0.25) is 9.78 Å². The molecule has 1 heterocycles.